The smallest absolute Gasteiger partial charge is 0.193 e. The zero-order valence-electron chi connectivity index (χ0n) is 17.8. The van der Waals surface area contributed by atoms with Gasteiger partial charge in [0, 0.05) is 32.4 Å². The largest absolute Gasteiger partial charge is 0.357 e. The second-order valence-corrected chi connectivity index (χ2v) is 9.62. The van der Waals surface area contributed by atoms with Crippen LogP contribution in [0.4, 0.5) is 0 Å². The van der Waals surface area contributed by atoms with Crippen LogP contribution in [0.25, 0.3) is 6.08 Å². The van der Waals surface area contributed by atoms with Gasteiger partial charge in [0.25, 0.3) is 0 Å². The summed E-state index contributed by atoms with van der Waals surface area (Å²) in [5.41, 5.74) is 3.84. The summed E-state index contributed by atoms with van der Waals surface area (Å²) in [6.45, 7) is 5.53. The Morgan fingerprint density at radius 3 is 2.33 bits per heavy atom. The van der Waals surface area contributed by atoms with Gasteiger partial charge in [-0.05, 0) is 49.4 Å². The first-order valence-corrected chi connectivity index (χ1v) is 12.4. The number of rotatable bonds is 6. The number of benzene rings is 2. The van der Waals surface area contributed by atoms with Gasteiger partial charge in [-0.15, -0.1) is 0 Å². The van der Waals surface area contributed by atoms with Crippen molar-refractivity contribution in [1.29, 1.82) is 0 Å². The van der Waals surface area contributed by atoms with E-state index in [4.69, 9.17) is 4.99 Å². The molecular weight excluding hydrogens is 394 g/mol. The van der Waals surface area contributed by atoms with Crippen LogP contribution in [-0.2, 0) is 16.3 Å². The Hall–Kier alpha value is -2.60. The molecule has 1 fully saturated rings. The number of hydrogen-bond donors (Lipinski definition) is 1. The first-order chi connectivity index (χ1) is 14.5. The molecule has 160 valence electrons. The van der Waals surface area contributed by atoms with Gasteiger partial charge in [0.1, 0.15) is 0 Å². The van der Waals surface area contributed by atoms with E-state index in [-0.39, 0.29) is 0 Å². The van der Waals surface area contributed by atoms with Crippen molar-refractivity contribution in [2.45, 2.75) is 31.1 Å². The molecule has 1 saturated heterocycles. The zero-order chi connectivity index (χ0) is 21.4. The molecular formula is C24H31N3O2S. The van der Waals surface area contributed by atoms with Gasteiger partial charge in [-0.25, -0.2) is 8.42 Å². The Balaban J connectivity index is 1.56. The Labute approximate surface area is 180 Å². The van der Waals surface area contributed by atoms with E-state index in [1.165, 1.54) is 17.4 Å². The van der Waals surface area contributed by atoms with Gasteiger partial charge in [-0.2, -0.15) is 0 Å². The average Bonchev–Trinajstić information content (AvgIpc) is 2.74. The Morgan fingerprint density at radius 2 is 1.73 bits per heavy atom. The number of guanidine groups is 1. The third kappa shape index (κ3) is 6.46. The van der Waals surface area contributed by atoms with Gasteiger partial charge < -0.3 is 10.2 Å². The number of piperidine rings is 1. The highest BCUT2D eigenvalue weighted by Crippen LogP contribution is 2.19. The molecule has 0 aliphatic carbocycles. The maximum absolute atomic E-state index is 11.6. The second-order valence-electron chi connectivity index (χ2n) is 7.60. The fourth-order valence-corrected chi connectivity index (χ4v) is 4.19. The third-order valence-corrected chi connectivity index (χ3v) is 6.35. The van der Waals surface area contributed by atoms with E-state index in [9.17, 15) is 8.42 Å². The molecule has 5 nitrogen and oxygen atoms in total. The van der Waals surface area contributed by atoms with Crippen molar-refractivity contribution >= 4 is 21.9 Å². The Kier molecular flexibility index (Phi) is 7.69. The lowest BCUT2D eigenvalue weighted by Gasteiger charge is -2.31. The van der Waals surface area contributed by atoms with Gasteiger partial charge in [0.15, 0.2) is 15.8 Å². The van der Waals surface area contributed by atoms with Gasteiger partial charge in [-0.3, -0.25) is 4.99 Å². The molecule has 30 heavy (non-hydrogen) atoms. The lowest BCUT2D eigenvalue weighted by molar-refractivity contribution is 0.375. The summed E-state index contributed by atoms with van der Waals surface area (Å²) < 4.78 is 23.2. The van der Waals surface area contributed by atoms with Crippen LogP contribution in [0.15, 0.2) is 70.1 Å². The molecule has 0 atom stereocenters. The molecule has 0 bridgehead atoms. The molecule has 0 aromatic heterocycles. The standard InChI is InChI=1S/C24H31N3O2S/c1-3-25-24(26-16-13-20-9-11-23(12-10-20)30(2,28)29)27-17-14-22(15-18-27)19-21-7-5-4-6-8-21/h4-12,19H,3,13-18H2,1-2H3,(H,25,26). The second kappa shape index (κ2) is 10.4. The summed E-state index contributed by atoms with van der Waals surface area (Å²) in [6, 6.07) is 17.6. The minimum absolute atomic E-state index is 0.357. The van der Waals surface area contributed by atoms with Crippen LogP contribution in [0.1, 0.15) is 30.9 Å². The first-order valence-electron chi connectivity index (χ1n) is 10.5. The van der Waals surface area contributed by atoms with Crippen molar-refractivity contribution in [2.75, 3.05) is 32.4 Å². The molecule has 1 heterocycles. The minimum Gasteiger partial charge on any atom is -0.357 e. The van der Waals surface area contributed by atoms with Crippen LogP contribution in [0.3, 0.4) is 0 Å². The normalized spacial score (nSPS) is 15.2. The SMILES string of the molecule is CCNC(=NCCc1ccc(S(C)(=O)=O)cc1)N1CCC(=Cc2ccccc2)CC1. The van der Waals surface area contributed by atoms with E-state index < -0.39 is 9.84 Å². The summed E-state index contributed by atoms with van der Waals surface area (Å²) in [6.07, 6.45) is 6.42. The number of hydrogen-bond acceptors (Lipinski definition) is 3. The predicted molar refractivity (Wildman–Crippen MR) is 124 cm³/mol. The monoisotopic (exact) mass is 425 g/mol. The van der Waals surface area contributed by atoms with E-state index >= 15 is 0 Å². The van der Waals surface area contributed by atoms with Crippen LogP contribution < -0.4 is 5.32 Å². The number of nitrogens with zero attached hydrogens (tertiary/aromatic N) is 2. The maximum Gasteiger partial charge on any atom is 0.193 e. The summed E-state index contributed by atoms with van der Waals surface area (Å²) in [5.74, 6) is 0.962. The van der Waals surface area contributed by atoms with Gasteiger partial charge >= 0.3 is 0 Å². The predicted octanol–water partition coefficient (Wildman–Crippen LogP) is 3.78. The Bertz CT molecular complexity index is 971. The molecule has 1 aliphatic rings. The maximum atomic E-state index is 11.6. The number of nitrogens with one attached hydrogen (secondary N) is 1. The van der Waals surface area contributed by atoms with E-state index in [1.807, 2.05) is 18.2 Å². The molecule has 3 rings (SSSR count). The van der Waals surface area contributed by atoms with E-state index in [0.29, 0.717) is 11.4 Å². The molecule has 2 aromatic rings. The van der Waals surface area contributed by atoms with Crippen molar-refractivity contribution in [1.82, 2.24) is 10.2 Å². The number of aliphatic imine (C=N–C) groups is 1. The van der Waals surface area contributed by atoms with Crippen molar-refractivity contribution < 1.29 is 8.42 Å². The van der Waals surface area contributed by atoms with Crippen molar-refractivity contribution in [3.05, 3.63) is 71.3 Å². The molecule has 6 heteroatoms. The highest BCUT2D eigenvalue weighted by atomic mass is 32.2. The van der Waals surface area contributed by atoms with Crippen molar-refractivity contribution in [3.8, 4) is 0 Å². The fourth-order valence-electron chi connectivity index (χ4n) is 3.56. The van der Waals surface area contributed by atoms with Gasteiger partial charge in [0.05, 0.1) is 4.90 Å². The fraction of sp³-hybridized carbons (Fsp3) is 0.375. The molecule has 0 saturated carbocycles. The highest BCUT2D eigenvalue weighted by molar-refractivity contribution is 7.90. The van der Waals surface area contributed by atoms with Crippen LogP contribution in [0.2, 0.25) is 0 Å². The topological polar surface area (TPSA) is 61.8 Å². The molecule has 0 amide bonds. The summed E-state index contributed by atoms with van der Waals surface area (Å²) in [7, 11) is -3.15. The van der Waals surface area contributed by atoms with Crippen LogP contribution in [0, 0.1) is 0 Å². The van der Waals surface area contributed by atoms with Crippen LogP contribution >= 0.6 is 0 Å². The van der Waals surface area contributed by atoms with Gasteiger partial charge in [-0.1, -0.05) is 54.1 Å². The summed E-state index contributed by atoms with van der Waals surface area (Å²) in [5, 5.41) is 3.41. The quantitative estimate of drug-likeness (QED) is 0.565. The summed E-state index contributed by atoms with van der Waals surface area (Å²) >= 11 is 0. The molecule has 0 unspecified atom stereocenters. The number of likely N-dealkylation sites (tertiary alicyclic amines) is 1. The molecule has 0 spiro atoms. The molecule has 1 aliphatic heterocycles. The van der Waals surface area contributed by atoms with Crippen LogP contribution in [0.5, 0.6) is 0 Å². The van der Waals surface area contributed by atoms with E-state index in [1.54, 1.807) is 12.1 Å². The highest BCUT2D eigenvalue weighted by Gasteiger charge is 2.17. The molecule has 2 aromatic carbocycles. The third-order valence-electron chi connectivity index (χ3n) is 5.22. The van der Waals surface area contributed by atoms with Gasteiger partial charge in [0.2, 0.25) is 0 Å². The average molecular weight is 426 g/mol. The number of sulfone groups is 1. The Morgan fingerprint density at radius 1 is 1.07 bits per heavy atom. The lowest BCUT2D eigenvalue weighted by atomic mass is 10.0. The zero-order valence-corrected chi connectivity index (χ0v) is 18.7. The minimum atomic E-state index is -3.15. The summed E-state index contributed by atoms with van der Waals surface area (Å²) in [4.78, 5) is 7.50. The lowest BCUT2D eigenvalue weighted by Crippen LogP contribution is -2.44. The van der Waals surface area contributed by atoms with Crippen LogP contribution in [-0.4, -0.2) is 51.7 Å². The first kappa shape index (κ1) is 22.1. The van der Waals surface area contributed by atoms with E-state index in [2.05, 4.69) is 47.5 Å². The molecule has 0 radical (unpaired) electrons. The van der Waals surface area contributed by atoms with Crippen molar-refractivity contribution in [2.24, 2.45) is 4.99 Å². The van der Waals surface area contributed by atoms with Crippen molar-refractivity contribution in [3.63, 3.8) is 0 Å². The van der Waals surface area contributed by atoms with E-state index in [0.717, 1.165) is 50.4 Å². The molecule has 1 N–H and O–H groups in total.